The van der Waals surface area contributed by atoms with Crippen molar-refractivity contribution in [1.82, 2.24) is 14.9 Å². The van der Waals surface area contributed by atoms with Gasteiger partial charge in [-0.3, -0.25) is 9.59 Å². The number of rotatable bonds is 5. The minimum atomic E-state index is -0.135. The van der Waals surface area contributed by atoms with Crippen LogP contribution in [0.1, 0.15) is 32.3 Å². The summed E-state index contributed by atoms with van der Waals surface area (Å²) >= 11 is 1.27. The van der Waals surface area contributed by atoms with Gasteiger partial charge in [-0.1, -0.05) is 74.5 Å². The van der Waals surface area contributed by atoms with Gasteiger partial charge in [-0.05, 0) is 11.8 Å². The number of ketones is 1. The van der Waals surface area contributed by atoms with Crippen molar-refractivity contribution in [3.05, 3.63) is 71.1 Å². The van der Waals surface area contributed by atoms with Crippen molar-refractivity contribution < 1.29 is 9.59 Å². The molecule has 0 fully saturated rings. The third kappa shape index (κ3) is 3.38. The van der Waals surface area contributed by atoms with Crippen molar-refractivity contribution >= 4 is 29.1 Å². The van der Waals surface area contributed by atoms with Crippen molar-refractivity contribution in [2.75, 3.05) is 5.01 Å². The molecule has 7 heteroatoms. The number of hydrogen-bond acceptors (Lipinski definition) is 5. The van der Waals surface area contributed by atoms with Gasteiger partial charge in [0.05, 0.1) is 10.6 Å². The number of aromatic nitrogens is 3. The lowest BCUT2D eigenvalue weighted by Gasteiger charge is -2.33. The Labute approximate surface area is 173 Å². The van der Waals surface area contributed by atoms with Crippen LogP contribution < -0.4 is 5.01 Å². The molecule has 1 aromatic heterocycles. The Bertz CT molecular complexity index is 1090. The van der Waals surface area contributed by atoms with Crippen LogP contribution in [0, 0.1) is 0 Å². The van der Waals surface area contributed by atoms with Gasteiger partial charge >= 0.3 is 0 Å². The summed E-state index contributed by atoms with van der Waals surface area (Å²) < 4.78 is 1.72. The number of thioether (sulfide) groups is 1. The van der Waals surface area contributed by atoms with Crippen LogP contribution in [0.5, 0.6) is 0 Å². The second kappa shape index (κ2) is 8.05. The first kappa shape index (κ1) is 19.1. The molecule has 4 rings (SSSR count). The summed E-state index contributed by atoms with van der Waals surface area (Å²) in [6.07, 6.45) is 0.618. The molecular weight excluding hydrogens is 384 g/mol. The lowest BCUT2D eigenvalue weighted by Crippen LogP contribution is -2.42. The molecule has 2 heterocycles. The van der Waals surface area contributed by atoms with Gasteiger partial charge in [-0.15, -0.1) is 10.2 Å². The molecule has 0 saturated carbocycles. The molecule has 1 aliphatic rings. The third-order valence-corrected chi connectivity index (χ3v) is 5.69. The molecule has 0 bridgehead atoms. The highest BCUT2D eigenvalue weighted by Crippen LogP contribution is 2.41. The molecule has 3 aromatic rings. The van der Waals surface area contributed by atoms with Crippen molar-refractivity contribution in [1.29, 1.82) is 0 Å². The van der Waals surface area contributed by atoms with Crippen LogP contribution >= 0.6 is 11.8 Å². The number of hydrogen-bond donors (Lipinski definition) is 0. The van der Waals surface area contributed by atoms with Gasteiger partial charge in [-0.25, -0.2) is 5.01 Å². The van der Waals surface area contributed by atoms with Gasteiger partial charge in [0, 0.05) is 24.0 Å². The van der Waals surface area contributed by atoms with Crippen LogP contribution in [0.4, 0.5) is 0 Å². The summed E-state index contributed by atoms with van der Waals surface area (Å²) in [4.78, 5) is 26.5. The fraction of sp³-hybridized carbons (Fsp3) is 0.182. The number of allylic oxidation sites excluding steroid dienone is 1. The molecule has 0 unspecified atom stereocenters. The van der Waals surface area contributed by atoms with Crippen molar-refractivity contribution in [3.63, 3.8) is 0 Å². The predicted molar refractivity (Wildman–Crippen MR) is 113 cm³/mol. The summed E-state index contributed by atoms with van der Waals surface area (Å²) in [7, 11) is 0. The predicted octanol–water partition coefficient (Wildman–Crippen LogP) is 4.27. The molecular formula is C22H20N4O2S. The van der Waals surface area contributed by atoms with E-state index >= 15 is 0 Å². The topological polar surface area (TPSA) is 68.1 Å². The molecule has 0 radical (unpaired) electrons. The van der Waals surface area contributed by atoms with Gasteiger partial charge in [-0.2, -0.15) is 4.68 Å². The molecule has 1 aliphatic heterocycles. The standard InChI is InChI=1S/C22H20N4O2S/c1-3-17(27)20-19(15-11-7-5-8-12-15)25(18(28)4-2)26-21(23-24-22(26)29-20)16-13-9-6-10-14-16/h5-14H,3-4H2,1-2H3. The zero-order chi connectivity index (χ0) is 20.4. The number of benzene rings is 2. The largest absolute Gasteiger partial charge is 0.294 e. The van der Waals surface area contributed by atoms with E-state index in [4.69, 9.17) is 0 Å². The minimum Gasteiger partial charge on any atom is -0.294 e. The third-order valence-electron chi connectivity index (χ3n) is 4.62. The number of carbonyl (C=O) groups excluding carboxylic acids is 2. The van der Waals surface area contributed by atoms with Crippen LogP contribution in [0.15, 0.2) is 70.7 Å². The van der Waals surface area contributed by atoms with Crippen LogP contribution in [0.3, 0.4) is 0 Å². The molecule has 6 nitrogen and oxygen atoms in total. The maximum absolute atomic E-state index is 13.1. The molecule has 0 N–H and O–H groups in total. The SMILES string of the molecule is CCC(=O)C1=C(c2ccccc2)N(C(=O)CC)n2c(nnc2-c2ccccc2)S1. The average molecular weight is 404 g/mol. The average Bonchev–Trinajstić information content (AvgIpc) is 3.21. The Morgan fingerprint density at radius 1 is 0.862 bits per heavy atom. The smallest absolute Gasteiger partial charge is 0.246 e. The fourth-order valence-electron chi connectivity index (χ4n) is 3.20. The first-order valence-corrected chi connectivity index (χ1v) is 10.3. The molecule has 2 aromatic carbocycles. The fourth-order valence-corrected chi connectivity index (χ4v) is 4.28. The zero-order valence-corrected chi connectivity index (χ0v) is 17.0. The monoisotopic (exact) mass is 404 g/mol. The van der Waals surface area contributed by atoms with Crippen molar-refractivity contribution in [3.8, 4) is 11.4 Å². The van der Waals surface area contributed by atoms with Gasteiger partial charge in [0.1, 0.15) is 0 Å². The molecule has 0 spiro atoms. The number of Topliss-reactive ketones (excluding diaryl/α,β-unsaturated/α-hetero) is 1. The molecule has 146 valence electrons. The Morgan fingerprint density at radius 2 is 1.48 bits per heavy atom. The highest BCUT2D eigenvalue weighted by Gasteiger charge is 2.36. The summed E-state index contributed by atoms with van der Waals surface area (Å²) in [5, 5.41) is 10.7. The number of fused-ring (bicyclic) bond motifs is 1. The van der Waals surface area contributed by atoms with E-state index in [1.165, 1.54) is 11.8 Å². The highest BCUT2D eigenvalue weighted by molar-refractivity contribution is 8.04. The molecule has 0 saturated heterocycles. The van der Waals surface area contributed by atoms with E-state index in [9.17, 15) is 9.59 Å². The van der Waals surface area contributed by atoms with Crippen molar-refractivity contribution in [2.24, 2.45) is 0 Å². The quantitative estimate of drug-likeness (QED) is 0.635. The number of amides is 1. The Kier molecular flexibility index (Phi) is 5.31. The number of carbonyl (C=O) groups is 2. The van der Waals surface area contributed by atoms with Crippen molar-refractivity contribution in [2.45, 2.75) is 31.8 Å². The molecule has 1 amide bonds. The molecule has 29 heavy (non-hydrogen) atoms. The van der Waals surface area contributed by atoms with E-state index in [1.54, 1.807) is 16.6 Å². The van der Waals surface area contributed by atoms with Gasteiger partial charge in [0.15, 0.2) is 11.6 Å². The minimum absolute atomic E-state index is 0.0294. The first-order valence-electron chi connectivity index (χ1n) is 9.50. The summed E-state index contributed by atoms with van der Waals surface area (Å²) in [5.41, 5.74) is 2.23. The summed E-state index contributed by atoms with van der Waals surface area (Å²) in [6, 6.07) is 19.1. The van der Waals surface area contributed by atoms with Crippen LogP contribution in [-0.2, 0) is 9.59 Å². The van der Waals surface area contributed by atoms with Crippen LogP contribution in [0.2, 0.25) is 0 Å². The Morgan fingerprint density at radius 3 is 2.07 bits per heavy atom. The van der Waals surface area contributed by atoms with Gasteiger partial charge in [0.25, 0.3) is 0 Å². The van der Waals surface area contributed by atoms with Crippen LogP contribution in [-0.4, -0.2) is 26.6 Å². The van der Waals surface area contributed by atoms with E-state index in [0.717, 1.165) is 11.1 Å². The highest BCUT2D eigenvalue weighted by atomic mass is 32.2. The number of nitrogens with zero attached hydrogens (tertiary/aromatic N) is 4. The Balaban J connectivity index is 1.99. The normalized spacial score (nSPS) is 13.4. The first-order chi connectivity index (χ1) is 14.2. The van der Waals surface area contributed by atoms with E-state index in [0.29, 0.717) is 28.0 Å². The lowest BCUT2D eigenvalue weighted by atomic mass is 10.1. The van der Waals surface area contributed by atoms with Gasteiger partial charge < -0.3 is 0 Å². The summed E-state index contributed by atoms with van der Waals surface area (Å²) in [6.45, 7) is 3.62. The zero-order valence-electron chi connectivity index (χ0n) is 16.2. The second-order valence-corrected chi connectivity index (χ2v) is 7.44. The van der Waals surface area contributed by atoms with E-state index in [-0.39, 0.29) is 18.1 Å². The molecule has 0 aliphatic carbocycles. The maximum Gasteiger partial charge on any atom is 0.246 e. The van der Waals surface area contributed by atoms with Crippen LogP contribution in [0.25, 0.3) is 17.1 Å². The van der Waals surface area contributed by atoms with E-state index < -0.39 is 0 Å². The Hall–Kier alpha value is -3.19. The van der Waals surface area contributed by atoms with E-state index in [1.807, 2.05) is 67.6 Å². The lowest BCUT2D eigenvalue weighted by molar-refractivity contribution is -0.118. The van der Waals surface area contributed by atoms with E-state index in [2.05, 4.69) is 10.2 Å². The molecule has 0 atom stereocenters. The van der Waals surface area contributed by atoms with Gasteiger partial charge in [0.2, 0.25) is 11.1 Å². The summed E-state index contributed by atoms with van der Waals surface area (Å²) in [5.74, 6) is 0.397. The second-order valence-electron chi connectivity index (χ2n) is 6.47. The maximum atomic E-state index is 13.1.